The number of nitrogens with one attached hydrogen (secondary N) is 2. The lowest BCUT2D eigenvalue weighted by molar-refractivity contribution is -0.140. The van der Waals surface area contributed by atoms with Crippen LogP contribution in [0, 0.1) is 11.3 Å². The molecule has 2 fully saturated rings. The van der Waals surface area contributed by atoms with Crippen LogP contribution in [-0.4, -0.2) is 75.8 Å². The van der Waals surface area contributed by atoms with Gasteiger partial charge < -0.3 is 20.1 Å². The second-order valence-electron chi connectivity index (χ2n) is 9.79. The zero-order valence-corrected chi connectivity index (χ0v) is 19.8. The number of allylic oxidation sites excluding steroid dienone is 2. The Labute approximate surface area is 195 Å². The van der Waals surface area contributed by atoms with E-state index in [0.717, 1.165) is 38.3 Å². The highest BCUT2D eigenvalue weighted by Gasteiger charge is 2.41. The van der Waals surface area contributed by atoms with Crippen LogP contribution < -0.4 is 10.6 Å². The smallest absolute Gasteiger partial charge is 0.239 e. The van der Waals surface area contributed by atoms with E-state index in [-0.39, 0.29) is 30.3 Å². The number of hydrogen-bond donors (Lipinski definition) is 2. The minimum Gasteiger partial charge on any atom is -0.351 e. The van der Waals surface area contributed by atoms with E-state index in [1.54, 1.807) is 11.8 Å². The van der Waals surface area contributed by atoms with Crippen molar-refractivity contribution in [1.82, 2.24) is 30.0 Å². The Hall–Kier alpha value is -2.68. The van der Waals surface area contributed by atoms with E-state index in [0.29, 0.717) is 38.3 Å². The molecule has 1 aromatic heterocycles. The van der Waals surface area contributed by atoms with Crippen LogP contribution in [-0.2, 0) is 28.0 Å². The third kappa shape index (κ3) is 5.46. The second kappa shape index (κ2) is 10.1. The third-order valence-electron chi connectivity index (χ3n) is 7.62. The van der Waals surface area contributed by atoms with Crippen LogP contribution in [0.25, 0.3) is 0 Å². The topological polar surface area (TPSA) is 99.6 Å². The summed E-state index contributed by atoms with van der Waals surface area (Å²) >= 11 is 0. The van der Waals surface area contributed by atoms with E-state index in [4.69, 9.17) is 0 Å². The van der Waals surface area contributed by atoms with Crippen molar-refractivity contribution in [3.05, 3.63) is 30.4 Å². The molecule has 9 nitrogen and oxygen atoms in total. The Kier molecular flexibility index (Phi) is 7.17. The van der Waals surface area contributed by atoms with Crippen LogP contribution in [0.15, 0.2) is 24.5 Å². The van der Waals surface area contributed by atoms with Gasteiger partial charge >= 0.3 is 0 Å². The summed E-state index contributed by atoms with van der Waals surface area (Å²) in [7, 11) is 2.01. The lowest BCUT2D eigenvalue weighted by Crippen LogP contribution is -2.54. The highest BCUT2D eigenvalue weighted by molar-refractivity contribution is 5.88. The molecular weight excluding hydrogens is 420 g/mol. The molecule has 0 radical (unpaired) electrons. The number of rotatable bonds is 2. The maximum absolute atomic E-state index is 13.1. The number of imidazole rings is 1. The lowest BCUT2D eigenvalue weighted by atomic mass is 9.74. The number of carbonyl (C=O) groups excluding carboxylic acids is 3. The average molecular weight is 457 g/mol. The normalized spacial score (nSPS) is 27.6. The number of carbonyl (C=O) groups is 3. The molecule has 3 aliphatic heterocycles. The monoisotopic (exact) mass is 456 g/mol. The summed E-state index contributed by atoms with van der Waals surface area (Å²) in [5.74, 6) is 1.20. The lowest BCUT2D eigenvalue weighted by Gasteiger charge is -2.41. The van der Waals surface area contributed by atoms with E-state index in [1.165, 1.54) is 0 Å². The molecule has 4 heterocycles. The van der Waals surface area contributed by atoms with Crippen molar-refractivity contribution in [2.75, 3.05) is 32.7 Å². The highest BCUT2D eigenvalue weighted by atomic mass is 16.2. The van der Waals surface area contributed by atoms with E-state index in [1.807, 2.05) is 24.0 Å². The molecule has 0 aliphatic carbocycles. The van der Waals surface area contributed by atoms with E-state index in [9.17, 15) is 14.4 Å². The Balaban J connectivity index is 1.45. The average Bonchev–Trinajstić information content (AvgIpc) is 3.20. The maximum Gasteiger partial charge on any atom is 0.239 e. The molecule has 9 heteroatoms. The fourth-order valence-corrected chi connectivity index (χ4v) is 5.39. The molecule has 180 valence electrons. The molecule has 0 aromatic carbocycles. The van der Waals surface area contributed by atoms with Crippen molar-refractivity contribution in [3.8, 4) is 0 Å². The number of nitrogens with zero attached hydrogens (tertiary/aromatic N) is 4. The molecule has 3 amide bonds. The summed E-state index contributed by atoms with van der Waals surface area (Å²) in [6.45, 7) is 5.33. The molecule has 2 N–H and O–H groups in total. The van der Waals surface area contributed by atoms with Crippen molar-refractivity contribution in [2.24, 2.45) is 18.4 Å². The number of fused-ring (bicyclic) bond motifs is 1. The van der Waals surface area contributed by atoms with Gasteiger partial charge in [-0.1, -0.05) is 12.2 Å². The number of aryl methyl sites for hydroxylation is 1. The van der Waals surface area contributed by atoms with E-state index < -0.39 is 5.41 Å². The van der Waals surface area contributed by atoms with Crippen LogP contribution in [0.3, 0.4) is 0 Å². The molecule has 4 rings (SSSR count). The number of aromatic nitrogens is 2. The summed E-state index contributed by atoms with van der Waals surface area (Å²) < 4.78 is 2.05. The van der Waals surface area contributed by atoms with Crippen LogP contribution in [0.4, 0.5) is 0 Å². The van der Waals surface area contributed by atoms with Crippen molar-refractivity contribution >= 4 is 17.7 Å². The van der Waals surface area contributed by atoms with Gasteiger partial charge in [-0.05, 0) is 38.0 Å². The van der Waals surface area contributed by atoms with Crippen LogP contribution in [0.1, 0.15) is 44.9 Å². The Morgan fingerprint density at radius 2 is 2.00 bits per heavy atom. The van der Waals surface area contributed by atoms with Crippen LogP contribution in [0.2, 0.25) is 0 Å². The number of hydrogen-bond acceptors (Lipinski definition) is 5. The molecule has 0 unspecified atom stereocenters. The fourth-order valence-electron chi connectivity index (χ4n) is 5.39. The van der Waals surface area contributed by atoms with Gasteiger partial charge in [0.15, 0.2) is 0 Å². The van der Waals surface area contributed by atoms with Crippen LogP contribution >= 0.6 is 0 Å². The fraction of sp³-hybridized carbons (Fsp3) is 0.667. The zero-order valence-electron chi connectivity index (χ0n) is 19.8. The first-order chi connectivity index (χ1) is 15.9. The van der Waals surface area contributed by atoms with Gasteiger partial charge in [-0.2, -0.15) is 0 Å². The van der Waals surface area contributed by atoms with E-state index >= 15 is 0 Å². The van der Waals surface area contributed by atoms with Crippen molar-refractivity contribution in [1.29, 1.82) is 0 Å². The van der Waals surface area contributed by atoms with Gasteiger partial charge in [-0.25, -0.2) is 4.98 Å². The van der Waals surface area contributed by atoms with Crippen molar-refractivity contribution in [2.45, 2.75) is 51.6 Å². The summed E-state index contributed by atoms with van der Waals surface area (Å²) in [5.41, 5.74) is -0.557. The minimum absolute atomic E-state index is 0.000917. The predicted octanol–water partition coefficient (Wildman–Crippen LogP) is 0.822. The molecular formula is C24H36N6O3. The summed E-state index contributed by atoms with van der Waals surface area (Å²) in [6.07, 6.45) is 11.7. The van der Waals surface area contributed by atoms with E-state index in [2.05, 4.69) is 32.7 Å². The molecule has 2 saturated heterocycles. The van der Waals surface area contributed by atoms with Crippen molar-refractivity contribution in [3.63, 3.8) is 0 Å². The molecule has 1 aromatic rings. The Morgan fingerprint density at radius 3 is 2.70 bits per heavy atom. The second-order valence-corrected chi connectivity index (χ2v) is 9.79. The molecule has 1 spiro atoms. The summed E-state index contributed by atoms with van der Waals surface area (Å²) in [4.78, 5) is 46.2. The number of amides is 3. The molecule has 33 heavy (non-hydrogen) atoms. The number of piperidine rings is 2. The van der Waals surface area contributed by atoms with Gasteiger partial charge in [-0.3, -0.25) is 19.3 Å². The first-order valence-electron chi connectivity index (χ1n) is 12.0. The molecule has 2 atom stereocenters. The van der Waals surface area contributed by atoms with Gasteiger partial charge in [0.25, 0.3) is 0 Å². The number of likely N-dealkylation sites (tertiary alicyclic amines) is 2. The zero-order chi connectivity index (χ0) is 23.4. The van der Waals surface area contributed by atoms with Gasteiger partial charge in [0, 0.05) is 58.6 Å². The minimum atomic E-state index is -0.557. The predicted molar refractivity (Wildman–Crippen MR) is 124 cm³/mol. The SMILES string of the molecule is CC(=O)N1CCC2(C/C=C/C[C@H]3CN(Cc4nccn4C)CC[C@H]3NC(=O)CNC2=O)CC1. The summed E-state index contributed by atoms with van der Waals surface area (Å²) in [6, 6.07) is 0.101. The quantitative estimate of drug-likeness (QED) is 0.642. The Morgan fingerprint density at radius 1 is 1.21 bits per heavy atom. The molecule has 0 bridgehead atoms. The molecule has 3 aliphatic rings. The first-order valence-corrected chi connectivity index (χ1v) is 12.0. The largest absolute Gasteiger partial charge is 0.351 e. The van der Waals surface area contributed by atoms with Gasteiger partial charge in [0.1, 0.15) is 5.82 Å². The first kappa shape index (κ1) is 23.5. The van der Waals surface area contributed by atoms with Gasteiger partial charge in [-0.15, -0.1) is 0 Å². The standard InChI is InChI=1S/C24H36N6O3/c1-18(31)30-12-8-24(9-13-30)7-4-3-5-19-16-29(17-21-25-10-14-28(21)2)11-6-20(19)27-22(32)15-26-23(24)33/h3-4,10,14,19-20H,5-9,11-13,15-17H2,1-2H3,(H,26,33)(H,27,32)/b4-3+/t19-,20+/m0/s1. The molecule has 0 saturated carbocycles. The highest BCUT2D eigenvalue weighted by Crippen LogP contribution is 2.36. The Bertz CT molecular complexity index is 902. The van der Waals surface area contributed by atoms with Gasteiger partial charge in [0.05, 0.1) is 18.5 Å². The summed E-state index contributed by atoms with van der Waals surface area (Å²) in [5, 5.41) is 6.06. The van der Waals surface area contributed by atoms with Crippen LogP contribution in [0.5, 0.6) is 0 Å². The maximum atomic E-state index is 13.1. The third-order valence-corrected chi connectivity index (χ3v) is 7.62. The van der Waals surface area contributed by atoms with Crippen molar-refractivity contribution < 1.29 is 14.4 Å². The van der Waals surface area contributed by atoms with Gasteiger partial charge in [0.2, 0.25) is 17.7 Å².